The van der Waals surface area contributed by atoms with Gasteiger partial charge in [0, 0.05) is 37.6 Å². The SMILES string of the molecule is CCc1cccc(CN(CC(O)C(N)Cc2cc(F)cc(F)c2)C(=O)c2cccnc2)c1. The lowest BCUT2D eigenvalue weighted by molar-refractivity contribution is 0.0554. The Bertz CT molecular complexity index is 1030. The van der Waals surface area contributed by atoms with Gasteiger partial charge >= 0.3 is 0 Å². The molecule has 0 spiro atoms. The molecule has 0 saturated carbocycles. The number of amides is 1. The van der Waals surface area contributed by atoms with Gasteiger partial charge in [0.25, 0.3) is 5.91 Å². The number of aliphatic hydroxyl groups is 1. The predicted molar refractivity (Wildman–Crippen MR) is 119 cm³/mol. The van der Waals surface area contributed by atoms with Gasteiger partial charge in [-0.2, -0.15) is 0 Å². The van der Waals surface area contributed by atoms with E-state index >= 15 is 0 Å². The van der Waals surface area contributed by atoms with E-state index in [-0.39, 0.29) is 25.4 Å². The number of aromatic nitrogens is 1. The Kier molecular flexibility index (Phi) is 8.03. The fraction of sp³-hybridized carbons (Fsp3) is 0.280. The molecule has 7 heteroatoms. The lowest BCUT2D eigenvalue weighted by Gasteiger charge is -2.28. The van der Waals surface area contributed by atoms with Crippen LogP contribution in [0.15, 0.2) is 67.0 Å². The second-order valence-corrected chi connectivity index (χ2v) is 7.81. The Hall–Kier alpha value is -3.16. The molecular weight excluding hydrogens is 412 g/mol. The lowest BCUT2D eigenvalue weighted by atomic mass is 10.0. The number of hydrogen-bond donors (Lipinski definition) is 2. The van der Waals surface area contributed by atoms with Crippen molar-refractivity contribution in [3.05, 3.63) is 101 Å². The molecule has 2 unspecified atom stereocenters. The molecule has 1 amide bonds. The number of halogens is 2. The molecule has 2 aromatic carbocycles. The van der Waals surface area contributed by atoms with Crippen LogP contribution in [0.4, 0.5) is 8.78 Å². The van der Waals surface area contributed by atoms with E-state index in [1.54, 1.807) is 18.3 Å². The molecule has 3 rings (SSSR count). The Balaban J connectivity index is 1.78. The Morgan fingerprint density at radius 3 is 2.44 bits per heavy atom. The van der Waals surface area contributed by atoms with E-state index in [9.17, 15) is 18.7 Å². The van der Waals surface area contributed by atoms with Gasteiger partial charge in [-0.25, -0.2) is 8.78 Å². The minimum atomic E-state index is -1.10. The molecule has 3 N–H and O–H groups in total. The van der Waals surface area contributed by atoms with Crippen molar-refractivity contribution in [2.45, 2.75) is 38.5 Å². The number of rotatable bonds is 9. The topological polar surface area (TPSA) is 79.5 Å². The minimum absolute atomic E-state index is 0.0386. The first kappa shape index (κ1) is 23.5. The largest absolute Gasteiger partial charge is 0.390 e. The lowest BCUT2D eigenvalue weighted by Crippen LogP contribution is -2.46. The van der Waals surface area contributed by atoms with E-state index in [1.165, 1.54) is 23.2 Å². The quantitative estimate of drug-likeness (QED) is 0.535. The summed E-state index contributed by atoms with van der Waals surface area (Å²) in [6, 6.07) is 13.6. The fourth-order valence-electron chi connectivity index (χ4n) is 3.56. The number of aliphatic hydroxyl groups excluding tert-OH is 1. The van der Waals surface area contributed by atoms with Gasteiger partial charge in [0.05, 0.1) is 11.7 Å². The zero-order chi connectivity index (χ0) is 23.1. The number of carbonyl (C=O) groups excluding carboxylic acids is 1. The van der Waals surface area contributed by atoms with E-state index < -0.39 is 23.8 Å². The van der Waals surface area contributed by atoms with Gasteiger partial charge in [-0.1, -0.05) is 31.2 Å². The number of pyridine rings is 1. The van der Waals surface area contributed by atoms with Crippen molar-refractivity contribution in [1.29, 1.82) is 0 Å². The van der Waals surface area contributed by atoms with Crippen LogP contribution >= 0.6 is 0 Å². The first-order valence-electron chi connectivity index (χ1n) is 10.5. The predicted octanol–water partition coefficient (Wildman–Crippen LogP) is 3.50. The summed E-state index contributed by atoms with van der Waals surface area (Å²) in [5.74, 6) is -1.69. The highest BCUT2D eigenvalue weighted by Gasteiger charge is 2.24. The van der Waals surface area contributed by atoms with Gasteiger partial charge in [0.2, 0.25) is 0 Å². The standard InChI is InChI=1S/C25H27F2N3O2/c1-2-17-5-3-6-18(9-17)15-30(25(32)20-7-4-8-29-14-20)16-24(31)23(28)12-19-10-21(26)13-22(27)11-19/h3-11,13-14,23-24,31H,2,12,15-16,28H2,1H3. The van der Waals surface area contributed by atoms with Crippen LogP contribution in [0.25, 0.3) is 0 Å². The molecule has 0 aliphatic carbocycles. The van der Waals surface area contributed by atoms with E-state index in [4.69, 9.17) is 5.73 Å². The van der Waals surface area contributed by atoms with Gasteiger partial charge in [-0.15, -0.1) is 0 Å². The Morgan fingerprint density at radius 1 is 1.06 bits per heavy atom. The number of aryl methyl sites for hydroxylation is 1. The third-order valence-corrected chi connectivity index (χ3v) is 5.26. The zero-order valence-corrected chi connectivity index (χ0v) is 17.9. The molecule has 2 atom stereocenters. The Morgan fingerprint density at radius 2 is 1.78 bits per heavy atom. The zero-order valence-electron chi connectivity index (χ0n) is 17.9. The molecule has 0 bridgehead atoms. The first-order chi connectivity index (χ1) is 15.4. The van der Waals surface area contributed by atoms with Crippen LogP contribution in [-0.2, 0) is 19.4 Å². The molecule has 0 saturated heterocycles. The van der Waals surface area contributed by atoms with E-state index in [1.807, 2.05) is 24.3 Å². The van der Waals surface area contributed by atoms with Gasteiger partial charge in [0.15, 0.2) is 0 Å². The highest BCUT2D eigenvalue weighted by atomic mass is 19.1. The average Bonchev–Trinajstić information content (AvgIpc) is 2.78. The van der Waals surface area contributed by atoms with Crippen molar-refractivity contribution >= 4 is 5.91 Å². The van der Waals surface area contributed by atoms with Gasteiger partial charge in [-0.3, -0.25) is 9.78 Å². The third kappa shape index (κ3) is 6.42. The molecule has 0 aliphatic rings. The van der Waals surface area contributed by atoms with Gasteiger partial charge in [0.1, 0.15) is 11.6 Å². The molecule has 32 heavy (non-hydrogen) atoms. The highest BCUT2D eigenvalue weighted by Crippen LogP contribution is 2.15. The maximum absolute atomic E-state index is 13.5. The smallest absolute Gasteiger partial charge is 0.255 e. The van der Waals surface area contributed by atoms with Crippen molar-refractivity contribution in [3.63, 3.8) is 0 Å². The second-order valence-electron chi connectivity index (χ2n) is 7.81. The highest BCUT2D eigenvalue weighted by molar-refractivity contribution is 5.93. The third-order valence-electron chi connectivity index (χ3n) is 5.26. The summed E-state index contributed by atoms with van der Waals surface area (Å²) in [7, 11) is 0. The summed E-state index contributed by atoms with van der Waals surface area (Å²) in [4.78, 5) is 18.7. The minimum Gasteiger partial charge on any atom is -0.390 e. The number of nitrogens with two attached hydrogens (primary N) is 1. The van der Waals surface area contributed by atoms with Crippen molar-refractivity contribution in [2.24, 2.45) is 5.73 Å². The first-order valence-corrected chi connectivity index (χ1v) is 10.5. The van der Waals surface area contributed by atoms with Crippen molar-refractivity contribution in [3.8, 4) is 0 Å². The maximum Gasteiger partial charge on any atom is 0.255 e. The number of nitrogens with zero attached hydrogens (tertiary/aromatic N) is 2. The van der Waals surface area contributed by atoms with Gasteiger partial charge < -0.3 is 15.7 Å². The summed E-state index contributed by atoms with van der Waals surface area (Å²) in [6.45, 7) is 2.29. The van der Waals surface area contributed by atoms with Gasteiger partial charge in [-0.05, 0) is 53.8 Å². The summed E-state index contributed by atoms with van der Waals surface area (Å²) < 4.78 is 27.0. The molecule has 1 heterocycles. The molecule has 5 nitrogen and oxygen atoms in total. The van der Waals surface area contributed by atoms with Crippen LogP contribution in [-0.4, -0.2) is 39.6 Å². The average molecular weight is 440 g/mol. The fourth-order valence-corrected chi connectivity index (χ4v) is 3.56. The molecule has 0 fully saturated rings. The maximum atomic E-state index is 13.5. The van der Waals surface area contributed by atoms with E-state index in [0.717, 1.165) is 23.6 Å². The Labute approximate surface area is 186 Å². The number of hydrogen-bond acceptors (Lipinski definition) is 4. The van der Waals surface area contributed by atoms with Crippen molar-refractivity contribution in [2.75, 3.05) is 6.54 Å². The van der Waals surface area contributed by atoms with Crippen LogP contribution in [0, 0.1) is 11.6 Å². The number of carbonyl (C=O) groups is 1. The van der Waals surface area contributed by atoms with Crippen LogP contribution in [0.5, 0.6) is 0 Å². The van der Waals surface area contributed by atoms with E-state index in [0.29, 0.717) is 11.1 Å². The summed E-state index contributed by atoms with van der Waals surface area (Å²) in [5.41, 5.74) is 8.93. The van der Waals surface area contributed by atoms with Crippen molar-refractivity contribution in [1.82, 2.24) is 9.88 Å². The molecule has 0 radical (unpaired) electrons. The normalized spacial score (nSPS) is 12.9. The summed E-state index contributed by atoms with van der Waals surface area (Å²) in [5, 5.41) is 10.7. The molecule has 3 aromatic rings. The number of benzene rings is 2. The molecule has 0 aliphatic heterocycles. The van der Waals surface area contributed by atoms with Crippen LogP contribution in [0.1, 0.15) is 34.0 Å². The molecule has 168 valence electrons. The second kappa shape index (κ2) is 10.9. The molecular formula is C25H27F2N3O2. The van der Waals surface area contributed by atoms with E-state index in [2.05, 4.69) is 11.9 Å². The van der Waals surface area contributed by atoms with Crippen LogP contribution in [0.3, 0.4) is 0 Å². The molecule has 1 aromatic heterocycles. The monoisotopic (exact) mass is 439 g/mol. The van der Waals surface area contributed by atoms with Crippen LogP contribution < -0.4 is 5.73 Å². The van der Waals surface area contributed by atoms with Crippen LogP contribution in [0.2, 0.25) is 0 Å². The van der Waals surface area contributed by atoms with Crippen molar-refractivity contribution < 1.29 is 18.7 Å². The summed E-state index contributed by atoms with van der Waals surface area (Å²) >= 11 is 0. The summed E-state index contributed by atoms with van der Waals surface area (Å²) in [6.07, 6.45) is 2.88.